The van der Waals surface area contributed by atoms with Crippen LogP contribution in [0.15, 0.2) is 59.1 Å². The fourth-order valence-electron chi connectivity index (χ4n) is 3.19. The van der Waals surface area contributed by atoms with Gasteiger partial charge in [-0.05, 0) is 30.1 Å². The molecule has 3 aliphatic rings. The van der Waals surface area contributed by atoms with Crippen LogP contribution in [0.4, 0.5) is 0 Å². The van der Waals surface area contributed by atoms with Gasteiger partial charge < -0.3 is 20.9 Å². The van der Waals surface area contributed by atoms with E-state index in [2.05, 4.69) is 64.4 Å². The standard InChI is InChI=1S/C19H28N4/c1-2-3-16-4-6-17(7-5-16)14-22-18-15-21-9-8-19(18)23-12-10-20-11-13-23/h3-4,6-8,15,20-22H,2,5,9-14H2,1H3/b16-3+. The molecule has 0 amide bonds. The van der Waals surface area contributed by atoms with Crippen molar-refractivity contribution >= 4 is 0 Å². The first kappa shape index (κ1) is 15.9. The fourth-order valence-corrected chi connectivity index (χ4v) is 3.19. The lowest BCUT2D eigenvalue weighted by atomic mass is 10.0. The molecule has 0 aromatic heterocycles. The van der Waals surface area contributed by atoms with Crippen molar-refractivity contribution in [2.45, 2.75) is 19.8 Å². The largest absolute Gasteiger partial charge is 0.386 e. The fraction of sp³-hybridized carbons (Fsp3) is 0.474. The number of dihydropyridines is 1. The lowest BCUT2D eigenvalue weighted by molar-refractivity contribution is 0.299. The summed E-state index contributed by atoms with van der Waals surface area (Å²) in [5.74, 6) is 0. The molecule has 0 atom stereocenters. The minimum Gasteiger partial charge on any atom is -0.386 e. The summed E-state index contributed by atoms with van der Waals surface area (Å²) in [6.45, 7) is 8.29. The Morgan fingerprint density at radius 3 is 2.83 bits per heavy atom. The highest BCUT2D eigenvalue weighted by Crippen LogP contribution is 2.18. The molecule has 4 heteroatoms. The predicted octanol–water partition coefficient (Wildman–Crippen LogP) is 2.03. The maximum Gasteiger partial charge on any atom is 0.0737 e. The van der Waals surface area contributed by atoms with Gasteiger partial charge >= 0.3 is 0 Å². The Morgan fingerprint density at radius 2 is 2.09 bits per heavy atom. The van der Waals surface area contributed by atoms with Gasteiger partial charge in [-0.2, -0.15) is 0 Å². The van der Waals surface area contributed by atoms with Crippen LogP contribution in [0.1, 0.15) is 19.8 Å². The molecule has 0 radical (unpaired) electrons. The van der Waals surface area contributed by atoms with Gasteiger partial charge in [0.05, 0.1) is 11.4 Å². The number of nitrogens with zero attached hydrogens (tertiary/aromatic N) is 1. The van der Waals surface area contributed by atoms with E-state index in [0.29, 0.717) is 0 Å². The molecule has 0 unspecified atom stereocenters. The van der Waals surface area contributed by atoms with Crippen molar-refractivity contribution in [2.75, 3.05) is 39.3 Å². The summed E-state index contributed by atoms with van der Waals surface area (Å²) < 4.78 is 0. The third-order valence-corrected chi connectivity index (χ3v) is 4.45. The predicted molar refractivity (Wildman–Crippen MR) is 96.8 cm³/mol. The third kappa shape index (κ3) is 4.29. The van der Waals surface area contributed by atoms with Gasteiger partial charge in [0, 0.05) is 45.5 Å². The lowest BCUT2D eigenvalue weighted by Crippen LogP contribution is -2.45. The van der Waals surface area contributed by atoms with Crippen LogP contribution in [0.5, 0.6) is 0 Å². The third-order valence-electron chi connectivity index (χ3n) is 4.45. The second kappa shape index (κ2) is 8.06. The first-order valence-corrected chi connectivity index (χ1v) is 8.76. The van der Waals surface area contributed by atoms with Crippen molar-refractivity contribution in [3.63, 3.8) is 0 Å². The number of allylic oxidation sites excluding steroid dienone is 4. The molecule has 4 nitrogen and oxygen atoms in total. The Hall–Kier alpha value is -1.94. The van der Waals surface area contributed by atoms with Crippen LogP contribution >= 0.6 is 0 Å². The molecule has 0 spiro atoms. The summed E-state index contributed by atoms with van der Waals surface area (Å²) >= 11 is 0. The van der Waals surface area contributed by atoms with E-state index in [1.165, 1.54) is 22.5 Å². The Morgan fingerprint density at radius 1 is 1.22 bits per heavy atom. The van der Waals surface area contributed by atoms with Crippen LogP contribution < -0.4 is 16.0 Å². The highest BCUT2D eigenvalue weighted by atomic mass is 15.2. The molecule has 0 aromatic carbocycles. The molecule has 0 saturated carbocycles. The first-order valence-electron chi connectivity index (χ1n) is 8.76. The topological polar surface area (TPSA) is 39.3 Å². The summed E-state index contributed by atoms with van der Waals surface area (Å²) in [7, 11) is 0. The normalized spacial score (nSPS) is 23.1. The molecule has 3 rings (SSSR count). The minimum atomic E-state index is 0.882. The van der Waals surface area contributed by atoms with E-state index in [1.54, 1.807) is 0 Å². The number of rotatable bonds is 5. The molecule has 2 heterocycles. The van der Waals surface area contributed by atoms with Gasteiger partial charge in [0.1, 0.15) is 0 Å². The van der Waals surface area contributed by atoms with Crippen LogP contribution in [0.2, 0.25) is 0 Å². The Balaban J connectivity index is 1.57. The molecule has 124 valence electrons. The van der Waals surface area contributed by atoms with Gasteiger partial charge in [-0.1, -0.05) is 31.2 Å². The van der Waals surface area contributed by atoms with Gasteiger partial charge in [0.15, 0.2) is 0 Å². The molecule has 1 fully saturated rings. The Kier molecular flexibility index (Phi) is 5.59. The SMILES string of the molecule is CC/C=C1\C=CC(CNC2=CNCC=C2N2CCNCC2)=CC1. The van der Waals surface area contributed by atoms with Gasteiger partial charge in [-0.3, -0.25) is 0 Å². The monoisotopic (exact) mass is 312 g/mol. The summed E-state index contributed by atoms with van der Waals surface area (Å²) in [6.07, 6.45) is 15.7. The molecule has 2 aliphatic heterocycles. The van der Waals surface area contributed by atoms with E-state index in [1.807, 2.05) is 0 Å². The second-order valence-corrected chi connectivity index (χ2v) is 6.15. The Bertz CT molecular complexity index is 560. The number of nitrogens with one attached hydrogen (secondary N) is 3. The first-order chi connectivity index (χ1) is 11.4. The molecule has 3 N–H and O–H groups in total. The van der Waals surface area contributed by atoms with Crippen molar-refractivity contribution in [3.05, 3.63) is 59.1 Å². The van der Waals surface area contributed by atoms with E-state index in [9.17, 15) is 0 Å². The Labute approximate surface area is 139 Å². The zero-order valence-corrected chi connectivity index (χ0v) is 14.1. The van der Waals surface area contributed by atoms with Gasteiger partial charge in [-0.25, -0.2) is 0 Å². The summed E-state index contributed by atoms with van der Waals surface area (Å²) in [5, 5.41) is 10.4. The van der Waals surface area contributed by atoms with E-state index in [4.69, 9.17) is 0 Å². The summed E-state index contributed by atoms with van der Waals surface area (Å²) in [6, 6.07) is 0. The highest BCUT2D eigenvalue weighted by molar-refractivity contribution is 5.38. The second-order valence-electron chi connectivity index (χ2n) is 6.15. The van der Waals surface area contributed by atoms with E-state index in [-0.39, 0.29) is 0 Å². The van der Waals surface area contributed by atoms with Crippen molar-refractivity contribution in [2.24, 2.45) is 0 Å². The van der Waals surface area contributed by atoms with Crippen LogP contribution in [-0.2, 0) is 0 Å². The van der Waals surface area contributed by atoms with E-state index < -0.39 is 0 Å². The van der Waals surface area contributed by atoms with Crippen LogP contribution in [-0.4, -0.2) is 44.2 Å². The smallest absolute Gasteiger partial charge is 0.0737 e. The molecule has 1 saturated heterocycles. The van der Waals surface area contributed by atoms with E-state index in [0.717, 1.165) is 52.1 Å². The van der Waals surface area contributed by atoms with Crippen molar-refractivity contribution in [3.8, 4) is 0 Å². The summed E-state index contributed by atoms with van der Waals surface area (Å²) in [4.78, 5) is 2.48. The van der Waals surface area contributed by atoms with Crippen molar-refractivity contribution < 1.29 is 0 Å². The van der Waals surface area contributed by atoms with Gasteiger partial charge in [0.2, 0.25) is 0 Å². The molecule has 23 heavy (non-hydrogen) atoms. The van der Waals surface area contributed by atoms with Gasteiger partial charge in [-0.15, -0.1) is 0 Å². The van der Waals surface area contributed by atoms with Gasteiger partial charge in [0.25, 0.3) is 0 Å². The number of piperazine rings is 1. The molecule has 0 bridgehead atoms. The average molecular weight is 312 g/mol. The lowest BCUT2D eigenvalue weighted by Gasteiger charge is -2.34. The summed E-state index contributed by atoms with van der Waals surface area (Å²) in [5.41, 5.74) is 5.35. The van der Waals surface area contributed by atoms with Crippen LogP contribution in [0.25, 0.3) is 0 Å². The molecular weight excluding hydrogens is 284 g/mol. The maximum absolute atomic E-state index is 3.61. The number of hydrogen-bond donors (Lipinski definition) is 3. The zero-order chi connectivity index (χ0) is 15.9. The van der Waals surface area contributed by atoms with Crippen molar-refractivity contribution in [1.29, 1.82) is 0 Å². The molecular formula is C19H28N4. The molecule has 1 aliphatic carbocycles. The van der Waals surface area contributed by atoms with Crippen molar-refractivity contribution in [1.82, 2.24) is 20.9 Å². The highest BCUT2D eigenvalue weighted by Gasteiger charge is 2.18. The maximum atomic E-state index is 3.61. The average Bonchev–Trinajstić information content (AvgIpc) is 2.62. The number of hydrogen-bond acceptors (Lipinski definition) is 4. The quantitative estimate of drug-likeness (QED) is 0.726. The van der Waals surface area contributed by atoms with Crippen LogP contribution in [0.3, 0.4) is 0 Å². The minimum absolute atomic E-state index is 0.882. The van der Waals surface area contributed by atoms with Crippen LogP contribution in [0, 0.1) is 0 Å². The molecule has 0 aromatic rings. The van der Waals surface area contributed by atoms with E-state index >= 15 is 0 Å². The zero-order valence-electron chi connectivity index (χ0n) is 14.1.